The number of aromatic nitrogens is 2. The van der Waals surface area contributed by atoms with Gasteiger partial charge >= 0.3 is 5.97 Å². The summed E-state index contributed by atoms with van der Waals surface area (Å²) >= 11 is 0. The van der Waals surface area contributed by atoms with Crippen molar-refractivity contribution in [2.75, 3.05) is 0 Å². The number of nitrogens with one attached hydrogen (secondary N) is 1. The number of aliphatic carboxylic acids is 1. The van der Waals surface area contributed by atoms with E-state index in [1.807, 2.05) is 13.8 Å². The van der Waals surface area contributed by atoms with Gasteiger partial charge in [0.1, 0.15) is 0 Å². The zero-order valence-electron chi connectivity index (χ0n) is 14.2. The normalized spacial score (nSPS) is 13.5. The number of amides is 1. The molecule has 2 N–H and O–H groups in total. The minimum atomic E-state index is -0.950. The van der Waals surface area contributed by atoms with Crippen molar-refractivity contribution in [2.45, 2.75) is 39.7 Å². The van der Waals surface area contributed by atoms with E-state index in [1.54, 1.807) is 38.1 Å². The molecule has 2 rings (SSSR count). The average Bonchev–Trinajstić information content (AvgIpc) is 2.93. The molecule has 0 saturated carbocycles. The van der Waals surface area contributed by atoms with E-state index in [0.29, 0.717) is 22.8 Å². The third kappa shape index (κ3) is 3.98. The number of hydrogen-bond acceptors (Lipinski definition) is 5. The first kappa shape index (κ1) is 17.7. The Bertz CT molecular complexity index is 737. The van der Waals surface area contributed by atoms with Crippen molar-refractivity contribution >= 4 is 11.9 Å². The second-order valence-corrected chi connectivity index (χ2v) is 6.32. The van der Waals surface area contributed by atoms with Crippen LogP contribution in [0.4, 0.5) is 0 Å². The maximum absolute atomic E-state index is 12.4. The molecule has 0 aliphatic carbocycles. The summed E-state index contributed by atoms with van der Waals surface area (Å²) in [6, 6.07) is 6.72. The van der Waals surface area contributed by atoms with Crippen molar-refractivity contribution in [1.82, 2.24) is 15.5 Å². The van der Waals surface area contributed by atoms with Gasteiger partial charge in [-0.15, -0.1) is 0 Å². The van der Waals surface area contributed by atoms with Crippen LogP contribution < -0.4 is 5.32 Å². The number of benzene rings is 1. The Morgan fingerprint density at radius 2 is 1.92 bits per heavy atom. The van der Waals surface area contributed by atoms with E-state index in [9.17, 15) is 9.59 Å². The summed E-state index contributed by atoms with van der Waals surface area (Å²) in [6.07, 6.45) is -0.143. The highest BCUT2D eigenvalue weighted by atomic mass is 16.5. The minimum absolute atomic E-state index is 0.0295. The van der Waals surface area contributed by atoms with Gasteiger partial charge in [0, 0.05) is 11.1 Å². The first-order valence-corrected chi connectivity index (χ1v) is 7.66. The molecule has 7 nitrogen and oxygen atoms in total. The van der Waals surface area contributed by atoms with Gasteiger partial charge in [0.05, 0.1) is 12.0 Å². The van der Waals surface area contributed by atoms with Crippen LogP contribution in [0.2, 0.25) is 0 Å². The largest absolute Gasteiger partial charge is 0.481 e. The lowest BCUT2D eigenvalue weighted by Crippen LogP contribution is -2.51. The molecule has 1 amide bonds. The average molecular weight is 331 g/mol. The van der Waals surface area contributed by atoms with E-state index in [4.69, 9.17) is 9.63 Å². The van der Waals surface area contributed by atoms with Gasteiger partial charge < -0.3 is 14.9 Å². The van der Waals surface area contributed by atoms with Crippen LogP contribution in [0.15, 0.2) is 28.8 Å². The Hall–Kier alpha value is -2.70. The van der Waals surface area contributed by atoms with Crippen LogP contribution >= 0.6 is 0 Å². The van der Waals surface area contributed by atoms with Crippen LogP contribution in [0, 0.1) is 12.8 Å². The van der Waals surface area contributed by atoms with E-state index >= 15 is 0 Å². The van der Waals surface area contributed by atoms with Gasteiger partial charge in [-0.2, -0.15) is 4.98 Å². The second-order valence-electron chi connectivity index (χ2n) is 6.32. The van der Waals surface area contributed by atoms with Crippen LogP contribution in [-0.2, 0) is 4.79 Å². The molecule has 1 heterocycles. The third-order valence-corrected chi connectivity index (χ3v) is 4.11. The lowest BCUT2D eigenvalue weighted by atomic mass is 9.85. The van der Waals surface area contributed by atoms with Gasteiger partial charge in [-0.05, 0) is 44.0 Å². The first-order chi connectivity index (χ1) is 11.2. The number of rotatable bonds is 6. The van der Waals surface area contributed by atoms with E-state index in [2.05, 4.69) is 15.5 Å². The fourth-order valence-corrected chi connectivity index (χ4v) is 2.22. The standard InChI is InChI=1S/C17H21N3O4/c1-10(2)17(4,9-14(21)22)19-15(23)12-5-7-13(8-6-12)16-18-11(3)20-24-16/h5-8,10H,9H2,1-4H3,(H,19,23)(H,21,22). The lowest BCUT2D eigenvalue weighted by Gasteiger charge is -2.33. The zero-order valence-corrected chi connectivity index (χ0v) is 14.2. The molecule has 0 saturated heterocycles. The molecule has 0 bridgehead atoms. The van der Waals surface area contributed by atoms with Gasteiger partial charge in [0.15, 0.2) is 5.82 Å². The molecule has 0 fully saturated rings. The number of aryl methyl sites for hydroxylation is 1. The van der Waals surface area contributed by atoms with E-state index in [-0.39, 0.29) is 18.2 Å². The molecule has 24 heavy (non-hydrogen) atoms. The van der Waals surface area contributed by atoms with Crippen LogP contribution in [-0.4, -0.2) is 32.7 Å². The number of carbonyl (C=O) groups is 2. The predicted molar refractivity (Wildman–Crippen MR) is 87.4 cm³/mol. The summed E-state index contributed by atoms with van der Waals surface area (Å²) in [7, 11) is 0. The molecule has 0 radical (unpaired) electrons. The van der Waals surface area contributed by atoms with Crippen molar-refractivity contribution in [1.29, 1.82) is 0 Å². The van der Waals surface area contributed by atoms with Gasteiger partial charge in [0.25, 0.3) is 11.8 Å². The highest BCUT2D eigenvalue weighted by Crippen LogP contribution is 2.22. The quantitative estimate of drug-likeness (QED) is 0.843. The van der Waals surface area contributed by atoms with E-state index in [0.717, 1.165) is 0 Å². The van der Waals surface area contributed by atoms with Crippen LogP contribution in [0.3, 0.4) is 0 Å². The van der Waals surface area contributed by atoms with Gasteiger partial charge in [-0.1, -0.05) is 19.0 Å². The lowest BCUT2D eigenvalue weighted by molar-refractivity contribution is -0.138. The highest BCUT2D eigenvalue weighted by Gasteiger charge is 2.33. The summed E-state index contributed by atoms with van der Waals surface area (Å²) in [5.41, 5.74) is 0.321. The zero-order chi connectivity index (χ0) is 17.9. The number of carboxylic acid groups (broad SMARTS) is 1. The van der Waals surface area contributed by atoms with Crippen LogP contribution in [0.1, 0.15) is 43.4 Å². The SMILES string of the molecule is Cc1noc(-c2ccc(C(=O)NC(C)(CC(=O)O)C(C)C)cc2)n1. The Labute approximate surface area is 140 Å². The van der Waals surface area contributed by atoms with Crippen LogP contribution in [0.5, 0.6) is 0 Å². The Balaban J connectivity index is 2.16. The Kier molecular flexibility index (Phi) is 5.02. The third-order valence-electron chi connectivity index (χ3n) is 4.11. The monoisotopic (exact) mass is 331 g/mol. The molecule has 7 heteroatoms. The molecule has 1 atom stereocenters. The summed E-state index contributed by atoms with van der Waals surface area (Å²) in [6.45, 7) is 7.22. The molecular weight excluding hydrogens is 310 g/mol. The Morgan fingerprint density at radius 3 is 2.38 bits per heavy atom. The molecule has 1 aromatic carbocycles. The summed E-state index contributed by atoms with van der Waals surface area (Å²) < 4.78 is 5.08. The van der Waals surface area contributed by atoms with Gasteiger partial charge in [-0.25, -0.2) is 0 Å². The van der Waals surface area contributed by atoms with Gasteiger partial charge in [-0.3, -0.25) is 9.59 Å². The van der Waals surface area contributed by atoms with Gasteiger partial charge in [0.2, 0.25) is 0 Å². The topological polar surface area (TPSA) is 105 Å². The maximum atomic E-state index is 12.4. The number of nitrogens with zero attached hydrogens (tertiary/aromatic N) is 2. The molecular formula is C17H21N3O4. The molecule has 0 aliphatic rings. The fourth-order valence-electron chi connectivity index (χ4n) is 2.22. The van der Waals surface area contributed by atoms with Crippen molar-refractivity contribution in [2.24, 2.45) is 5.92 Å². The summed E-state index contributed by atoms with van der Waals surface area (Å²) in [4.78, 5) is 27.6. The smallest absolute Gasteiger partial charge is 0.305 e. The number of carbonyl (C=O) groups excluding carboxylic acids is 1. The molecule has 1 unspecified atom stereocenters. The predicted octanol–water partition coefficient (Wildman–Crippen LogP) is 2.66. The second kappa shape index (κ2) is 6.82. The summed E-state index contributed by atoms with van der Waals surface area (Å²) in [5.74, 6) is -0.377. The molecule has 1 aromatic heterocycles. The maximum Gasteiger partial charge on any atom is 0.305 e. The molecule has 128 valence electrons. The van der Waals surface area contributed by atoms with Crippen molar-refractivity contribution in [3.05, 3.63) is 35.7 Å². The van der Waals surface area contributed by atoms with Crippen molar-refractivity contribution < 1.29 is 19.2 Å². The fraction of sp³-hybridized carbons (Fsp3) is 0.412. The minimum Gasteiger partial charge on any atom is -0.481 e. The molecule has 0 aliphatic heterocycles. The number of hydrogen-bond donors (Lipinski definition) is 2. The van der Waals surface area contributed by atoms with E-state index in [1.165, 1.54) is 0 Å². The summed E-state index contributed by atoms with van der Waals surface area (Å²) in [5, 5.41) is 15.6. The highest BCUT2D eigenvalue weighted by molar-refractivity contribution is 5.95. The van der Waals surface area contributed by atoms with Crippen molar-refractivity contribution in [3.8, 4) is 11.5 Å². The first-order valence-electron chi connectivity index (χ1n) is 7.66. The van der Waals surface area contributed by atoms with Crippen LogP contribution in [0.25, 0.3) is 11.5 Å². The van der Waals surface area contributed by atoms with E-state index < -0.39 is 11.5 Å². The van der Waals surface area contributed by atoms with Crippen molar-refractivity contribution in [3.63, 3.8) is 0 Å². The number of carboxylic acids is 1. The molecule has 0 spiro atoms. The molecule has 2 aromatic rings. The Morgan fingerprint density at radius 1 is 1.29 bits per heavy atom.